The Bertz CT molecular complexity index is 247. The van der Waals surface area contributed by atoms with Crippen molar-refractivity contribution in [1.82, 2.24) is 10.6 Å². The van der Waals surface area contributed by atoms with Gasteiger partial charge in [0.1, 0.15) is 0 Å². The molecule has 0 spiro atoms. The fourth-order valence-electron chi connectivity index (χ4n) is 3.13. The molecular formula is C14H26N2O. The number of amides is 1. The van der Waals surface area contributed by atoms with E-state index in [1.54, 1.807) is 0 Å². The van der Waals surface area contributed by atoms with Gasteiger partial charge in [-0.05, 0) is 37.6 Å². The van der Waals surface area contributed by atoms with Crippen LogP contribution in [-0.4, -0.2) is 25.0 Å². The van der Waals surface area contributed by atoms with E-state index in [0.717, 1.165) is 25.4 Å². The van der Waals surface area contributed by atoms with Gasteiger partial charge in [0, 0.05) is 6.54 Å². The monoisotopic (exact) mass is 238 g/mol. The van der Waals surface area contributed by atoms with Crippen molar-refractivity contribution >= 4 is 5.91 Å². The van der Waals surface area contributed by atoms with Gasteiger partial charge in [-0.3, -0.25) is 4.79 Å². The first-order valence-electron chi connectivity index (χ1n) is 7.28. The summed E-state index contributed by atoms with van der Waals surface area (Å²) in [5, 5.41) is 6.51. The summed E-state index contributed by atoms with van der Waals surface area (Å²) in [7, 11) is 0. The van der Waals surface area contributed by atoms with Crippen LogP contribution in [0.3, 0.4) is 0 Å². The van der Waals surface area contributed by atoms with Gasteiger partial charge in [-0.2, -0.15) is 0 Å². The first-order chi connectivity index (χ1) is 8.27. The van der Waals surface area contributed by atoms with Crippen LogP contribution in [0.25, 0.3) is 0 Å². The number of hydrogen-bond donors (Lipinski definition) is 2. The lowest BCUT2D eigenvalue weighted by atomic mass is 9.98. The summed E-state index contributed by atoms with van der Waals surface area (Å²) in [6.07, 6.45) is 8.63. The molecule has 17 heavy (non-hydrogen) atoms. The van der Waals surface area contributed by atoms with Crippen molar-refractivity contribution in [3.63, 3.8) is 0 Å². The number of rotatable bonds is 3. The average molecular weight is 238 g/mol. The molecule has 0 bridgehead atoms. The third-order valence-corrected chi connectivity index (χ3v) is 4.45. The predicted octanol–water partition coefficient (Wildman–Crippen LogP) is 2.07. The van der Waals surface area contributed by atoms with Crippen LogP contribution in [0.4, 0.5) is 0 Å². The third-order valence-electron chi connectivity index (χ3n) is 4.45. The predicted molar refractivity (Wildman–Crippen MR) is 69.8 cm³/mol. The van der Waals surface area contributed by atoms with E-state index >= 15 is 0 Å². The smallest absolute Gasteiger partial charge is 0.237 e. The van der Waals surface area contributed by atoms with Crippen LogP contribution >= 0.6 is 0 Å². The van der Waals surface area contributed by atoms with Crippen LogP contribution in [0.15, 0.2) is 0 Å². The molecule has 3 atom stereocenters. The summed E-state index contributed by atoms with van der Waals surface area (Å²) < 4.78 is 0. The maximum absolute atomic E-state index is 12.0. The fourth-order valence-corrected chi connectivity index (χ4v) is 3.13. The molecule has 98 valence electrons. The third kappa shape index (κ3) is 3.70. The summed E-state index contributed by atoms with van der Waals surface area (Å²) in [4.78, 5) is 12.0. The Hall–Kier alpha value is -0.570. The Morgan fingerprint density at radius 2 is 2.06 bits per heavy atom. The molecule has 2 fully saturated rings. The minimum Gasteiger partial charge on any atom is -0.354 e. The Balaban J connectivity index is 1.72. The molecule has 2 rings (SSSR count). The number of hydrogen-bond acceptors (Lipinski definition) is 2. The molecule has 0 aromatic rings. The Morgan fingerprint density at radius 1 is 1.18 bits per heavy atom. The van der Waals surface area contributed by atoms with Crippen molar-refractivity contribution in [2.24, 2.45) is 11.8 Å². The number of nitrogens with one attached hydrogen (secondary N) is 2. The Kier molecular flexibility index (Phi) is 4.84. The first-order valence-corrected chi connectivity index (χ1v) is 7.28. The van der Waals surface area contributed by atoms with E-state index in [-0.39, 0.29) is 11.9 Å². The topological polar surface area (TPSA) is 41.1 Å². The molecule has 3 nitrogen and oxygen atoms in total. The van der Waals surface area contributed by atoms with E-state index in [9.17, 15) is 4.79 Å². The number of carbonyl (C=O) groups is 1. The highest BCUT2D eigenvalue weighted by molar-refractivity contribution is 5.81. The van der Waals surface area contributed by atoms with E-state index in [4.69, 9.17) is 0 Å². The van der Waals surface area contributed by atoms with Crippen LogP contribution in [0.5, 0.6) is 0 Å². The SMILES string of the molecule is CC1CCCC1CNC(=O)C1CCCCCN1. The Morgan fingerprint density at radius 3 is 2.82 bits per heavy atom. The van der Waals surface area contributed by atoms with Gasteiger partial charge in [-0.15, -0.1) is 0 Å². The molecule has 0 aromatic carbocycles. The molecule has 1 heterocycles. The second-order valence-corrected chi connectivity index (χ2v) is 5.77. The highest BCUT2D eigenvalue weighted by Crippen LogP contribution is 2.30. The second-order valence-electron chi connectivity index (χ2n) is 5.77. The van der Waals surface area contributed by atoms with Crippen LogP contribution in [0.2, 0.25) is 0 Å². The fraction of sp³-hybridized carbons (Fsp3) is 0.929. The van der Waals surface area contributed by atoms with Gasteiger partial charge in [0.2, 0.25) is 5.91 Å². The molecule has 1 aliphatic heterocycles. The molecular weight excluding hydrogens is 212 g/mol. The van der Waals surface area contributed by atoms with Crippen molar-refractivity contribution in [2.75, 3.05) is 13.1 Å². The maximum Gasteiger partial charge on any atom is 0.237 e. The van der Waals surface area contributed by atoms with Crippen LogP contribution < -0.4 is 10.6 Å². The molecule has 1 amide bonds. The summed E-state index contributed by atoms with van der Waals surface area (Å²) in [5.41, 5.74) is 0. The minimum atomic E-state index is 0.0641. The van der Waals surface area contributed by atoms with Gasteiger partial charge in [0.15, 0.2) is 0 Å². The quantitative estimate of drug-likeness (QED) is 0.790. The summed E-state index contributed by atoms with van der Waals surface area (Å²) in [6, 6.07) is 0.0641. The average Bonchev–Trinajstić information content (AvgIpc) is 2.58. The van der Waals surface area contributed by atoms with Crippen molar-refractivity contribution in [3.05, 3.63) is 0 Å². The Labute approximate surface area is 105 Å². The maximum atomic E-state index is 12.0. The normalized spacial score (nSPS) is 34.3. The molecule has 3 unspecified atom stereocenters. The van der Waals surface area contributed by atoms with Crippen molar-refractivity contribution < 1.29 is 4.79 Å². The molecule has 2 N–H and O–H groups in total. The number of carbonyl (C=O) groups excluding carboxylic acids is 1. The lowest BCUT2D eigenvalue weighted by Crippen LogP contribution is -2.45. The van der Waals surface area contributed by atoms with Crippen molar-refractivity contribution in [2.45, 2.75) is 57.9 Å². The molecule has 0 aromatic heterocycles. The zero-order valence-electron chi connectivity index (χ0n) is 11.0. The van der Waals surface area contributed by atoms with Gasteiger partial charge in [-0.1, -0.05) is 32.6 Å². The lowest BCUT2D eigenvalue weighted by molar-refractivity contribution is -0.123. The zero-order valence-corrected chi connectivity index (χ0v) is 11.0. The van der Waals surface area contributed by atoms with Gasteiger partial charge in [-0.25, -0.2) is 0 Å². The van der Waals surface area contributed by atoms with Gasteiger partial charge >= 0.3 is 0 Å². The highest BCUT2D eigenvalue weighted by Gasteiger charge is 2.25. The van der Waals surface area contributed by atoms with Gasteiger partial charge < -0.3 is 10.6 Å². The van der Waals surface area contributed by atoms with E-state index in [1.807, 2.05) is 0 Å². The van der Waals surface area contributed by atoms with E-state index in [2.05, 4.69) is 17.6 Å². The van der Waals surface area contributed by atoms with E-state index < -0.39 is 0 Å². The van der Waals surface area contributed by atoms with Gasteiger partial charge in [0.05, 0.1) is 6.04 Å². The minimum absolute atomic E-state index is 0.0641. The van der Waals surface area contributed by atoms with E-state index in [0.29, 0.717) is 5.92 Å². The van der Waals surface area contributed by atoms with Crippen molar-refractivity contribution in [1.29, 1.82) is 0 Å². The molecule has 1 aliphatic carbocycles. The molecule has 2 aliphatic rings. The van der Waals surface area contributed by atoms with Crippen molar-refractivity contribution in [3.8, 4) is 0 Å². The standard InChI is InChI=1S/C14H26N2O/c1-11-6-5-7-12(11)10-16-14(17)13-8-3-2-4-9-15-13/h11-13,15H,2-10H2,1H3,(H,16,17). The largest absolute Gasteiger partial charge is 0.354 e. The second kappa shape index (κ2) is 6.39. The van der Waals surface area contributed by atoms with Gasteiger partial charge in [0.25, 0.3) is 0 Å². The molecule has 1 saturated carbocycles. The van der Waals surface area contributed by atoms with Crippen LogP contribution in [-0.2, 0) is 4.79 Å². The molecule has 1 saturated heterocycles. The molecule has 3 heteroatoms. The lowest BCUT2D eigenvalue weighted by Gasteiger charge is -2.19. The summed E-state index contributed by atoms with van der Waals surface area (Å²) in [5.74, 6) is 1.73. The zero-order chi connectivity index (χ0) is 12.1. The summed E-state index contributed by atoms with van der Waals surface area (Å²) in [6.45, 7) is 4.20. The first kappa shape index (κ1) is 12.9. The molecule has 0 radical (unpaired) electrons. The highest BCUT2D eigenvalue weighted by atomic mass is 16.2. The summed E-state index contributed by atoms with van der Waals surface area (Å²) >= 11 is 0. The van der Waals surface area contributed by atoms with E-state index in [1.165, 1.54) is 38.5 Å². The van der Waals surface area contributed by atoms with Crippen LogP contribution in [0, 0.1) is 11.8 Å². The van der Waals surface area contributed by atoms with Crippen LogP contribution in [0.1, 0.15) is 51.9 Å².